The van der Waals surface area contributed by atoms with E-state index in [4.69, 9.17) is 9.94 Å². The van der Waals surface area contributed by atoms with Crippen molar-refractivity contribution >= 4 is 5.71 Å². The van der Waals surface area contributed by atoms with Gasteiger partial charge in [-0.1, -0.05) is 25.9 Å². The zero-order valence-corrected chi connectivity index (χ0v) is 7.66. The van der Waals surface area contributed by atoms with E-state index < -0.39 is 6.29 Å². The van der Waals surface area contributed by atoms with Gasteiger partial charge in [0.05, 0.1) is 5.71 Å². The number of aliphatic hydroxyl groups is 1. The lowest BCUT2D eigenvalue weighted by molar-refractivity contribution is -0.0994. The van der Waals surface area contributed by atoms with Crippen molar-refractivity contribution < 1.29 is 9.94 Å². The smallest absolute Gasteiger partial charge is 0.224 e. The quantitative estimate of drug-likeness (QED) is 0.386. The van der Waals surface area contributed by atoms with Crippen molar-refractivity contribution in [2.75, 3.05) is 0 Å². The summed E-state index contributed by atoms with van der Waals surface area (Å²) < 4.78 is 0. The third kappa shape index (κ3) is 4.79. The van der Waals surface area contributed by atoms with Crippen LogP contribution in [0.25, 0.3) is 0 Å². The largest absolute Gasteiger partial charge is 0.364 e. The maximum atomic E-state index is 8.96. The van der Waals surface area contributed by atoms with Crippen molar-refractivity contribution in [3.05, 3.63) is 0 Å². The number of oxime groups is 1. The Balaban J connectivity index is 3.72. The van der Waals surface area contributed by atoms with E-state index in [1.54, 1.807) is 0 Å². The number of nitrogens with zero attached hydrogens (tertiary/aromatic N) is 1. The molecule has 0 saturated carbocycles. The van der Waals surface area contributed by atoms with Gasteiger partial charge in [0.15, 0.2) is 0 Å². The molecule has 0 aromatic rings. The Morgan fingerprint density at radius 1 is 1.55 bits per heavy atom. The fraction of sp³-hybridized carbons (Fsp3) is 0.875. The van der Waals surface area contributed by atoms with Crippen molar-refractivity contribution in [1.29, 1.82) is 0 Å². The number of hydrogen-bond acceptors (Lipinski definition) is 3. The molecule has 0 heterocycles. The predicted octanol–water partition coefficient (Wildman–Crippen LogP) is 1.76. The van der Waals surface area contributed by atoms with E-state index in [1.165, 1.54) is 0 Å². The van der Waals surface area contributed by atoms with Crippen LogP contribution in [0.1, 0.15) is 34.1 Å². The second-order valence-corrected chi connectivity index (χ2v) is 2.86. The third-order valence-corrected chi connectivity index (χ3v) is 1.50. The molecule has 0 aromatic carbocycles. The van der Waals surface area contributed by atoms with Crippen LogP contribution < -0.4 is 0 Å². The van der Waals surface area contributed by atoms with E-state index in [9.17, 15) is 0 Å². The standard InChI is InChI=1S/C8H17NO2/c1-5-8(10)11-9-7(4)6(2)3/h6,8,10H,5H2,1-4H3/b9-7+. The van der Waals surface area contributed by atoms with Gasteiger partial charge in [-0.05, 0) is 12.8 Å². The Bertz CT molecular complexity index is 132. The van der Waals surface area contributed by atoms with E-state index in [0.717, 1.165) is 5.71 Å². The maximum Gasteiger partial charge on any atom is 0.224 e. The van der Waals surface area contributed by atoms with Crippen LogP contribution in [0.4, 0.5) is 0 Å². The first-order chi connectivity index (χ1) is 5.07. The van der Waals surface area contributed by atoms with E-state index in [0.29, 0.717) is 12.3 Å². The van der Waals surface area contributed by atoms with E-state index >= 15 is 0 Å². The van der Waals surface area contributed by atoms with Gasteiger partial charge in [-0.25, -0.2) is 0 Å². The molecule has 3 nitrogen and oxygen atoms in total. The van der Waals surface area contributed by atoms with Crippen molar-refractivity contribution in [3.8, 4) is 0 Å². The molecule has 0 spiro atoms. The van der Waals surface area contributed by atoms with Gasteiger partial charge in [-0.15, -0.1) is 0 Å². The van der Waals surface area contributed by atoms with Crippen LogP contribution in [0.5, 0.6) is 0 Å². The van der Waals surface area contributed by atoms with Crippen LogP contribution in [0, 0.1) is 5.92 Å². The highest BCUT2D eigenvalue weighted by Crippen LogP contribution is 1.99. The van der Waals surface area contributed by atoms with Crippen molar-refractivity contribution in [3.63, 3.8) is 0 Å². The molecule has 11 heavy (non-hydrogen) atoms. The molecule has 1 atom stereocenters. The molecule has 0 aliphatic rings. The predicted molar refractivity (Wildman–Crippen MR) is 45.3 cm³/mol. The zero-order chi connectivity index (χ0) is 8.85. The average molecular weight is 159 g/mol. The minimum absolute atomic E-state index is 0.374. The lowest BCUT2D eigenvalue weighted by Gasteiger charge is -2.07. The molecule has 1 N–H and O–H groups in total. The molecule has 0 aliphatic heterocycles. The molecule has 66 valence electrons. The van der Waals surface area contributed by atoms with Crippen molar-refractivity contribution in [2.24, 2.45) is 11.1 Å². The number of rotatable bonds is 4. The molecule has 0 fully saturated rings. The molecule has 1 unspecified atom stereocenters. The molecule has 0 radical (unpaired) electrons. The Labute approximate surface area is 68.1 Å². The second kappa shape index (κ2) is 5.13. The molecule has 0 aromatic heterocycles. The summed E-state index contributed by atoms with van der Waals surface area (Å²) in [6.07, 6.45) is -0.196. The molecule has 0 saturated heterocycles. The summed E-state index contributed by atoms with van der Waals surface area (Å²) in [5.41, 5.74) is 0.900. The molecule has 0 aliphatic carbocycles. The second-order valence-electron chi connectivity index (χ2n) is 2.86. The van der Waals surface area contributed by atoms with Gasteiger partial charge in [0.25, 0.3) is 0 Å². The van der Waals surface area contributed by atoms with E-state index in [1.807, 2.05) is 27.7 Å². The minimum atomic E-state index is -0.760. The van der Waals surface area contributed by atoms with Gasteiger partial charge in [0, 0.05) is 6.42 Å². The summed E-state index contributed by atoms with van der Waals surface area (Å²) in [6, 6.07) is 0. The van der Waals surface area contributed by atoms with Gasteiger partial charge in [0.1, 0.15) is 0 Å². The monoisotopic (exact) mass is 159 g/mol. The Morgan fingerprint density at radius 2 is 2.09 bits per heavy atom. The maximum absolute atomic E-state index is 8.96. The first kappa shape index (κ1) is 10.4. The summed E-state index contributed by atoms with van der Waals surface area (Å²) in [7, 11) is 0. The average Bonchev–Trinajstić information content (AvgIpc) is 1.99. The van der Waals surface area contributed by atoms with Gasteiger partial charge in [0.2, 0.25) is 6.29 Å². The molecule has 0 rings (SSSR count). The highest BCUT2D eigenvalue weighted by atomic mass is 16.7. The topological polar surface area (TPSA) is 41.8 Å². The number of aliphatic hydroxyl groups excluding tert-OH is 1. The van der Waals surface area contributed by atoms with Crippen LogP contribution in [0.15, 0.2) is 5.16 Å². The fourth-order valence-corrected chi connectivity index (χ4v) is 0.324. The highest BCUT2D eigenvalue weighted by molar-refractivity contribution is 5.83. The molecular weight excluding hydrogens is 142 g/mol. The fourth-order valence-electron chi connectivity index (χ4n) is 0.324. The Morgan fingerprint density at radius 3 is 2.45 bits per heavy atom. The normalized spacial score (nSPS) is 15.3. The van der Waals surface area contributed by atoms with Gasteiger partial charge in [-0.3, -0.25) is 0 Å². The van der Waals surface area contributed by atoms with Crippen LogP contribution in [-0.2, 0) is 4.84 Å². The SMILES string of the molecule is CCC(O)O/N=C(\C)C(C)C. The lowest BCUT2D eigenvalue weighted by atomic mass is 10.1. The minimum Gasteiger partial charge on any atom is -0.364 e. The first-order valence-corrected chi connectivity index (χ1v) is 3.96. The van der Waals surface area contributed by atoms with E-state index in [2.05, 4.69) is 5.16 Å². The summed E-state index contributed by atoms with van der Waals surface area (Å²) in [5.74, 6) is 0.374. The number of hydrogen-bond donors (Lipinski definition) is 1. The van der Waals surface area contributed by atoms with Crippen LogP contribution in [-0.4, -0.2) is 17.1 Å². The van der Waals surface area contributed by atoms with Crippen LogP contribution >= 0.6 is 0 Å². The first-order valence-electron chi connectivity index (χ1n) is 3.96. The van der Waals surface area contributed by atoms with Gasteiger partial charge in [-0.2, -0.15) is 0 Å². The van der Waals surface area contributed by atoms with Gasteiger partial charge < -0.3 is 9.94 Å². The van der Waals surface area contributed by atoms with Gasteiger partial charge >= 0.3 is 0 Å². The Kier molecular flexibility index (Phi) is 4.86. The van der Waals surface area contributed by atoms with E-state index in [-0.39, 0.29) is 0 Å². The molecular formula is C8H17NO2. The molecule has 0 amide bonds. The van der Waals surface area contributed by atoms with Crippen molar-refractivity contribution in [1.82, 2.24) is 0 Å². The third-order valence-electron chi connectivity index (χ3n) is 1.50. The summed E-state index contributed by atoms with van der Waals surface area (Å²) in [5, 5.41) is 12.7. The summed E-state index contributed by atoms with van der Waals surface area (Å²) in [4.78, 5) is 4.76. The van der Waals surface area contributed by atoms with Crippen LogP contribution in [0.2, 0.25) is 0 Å². The zero-order valence-electron chi connectivity index (χ0n) is 7.66. The van der Waals surface area contributed by atoms with Crippen LogP contribution in [0.3, 0.4) is 0 Å². The summed E-state index contributed by atoms with van der Waals surface area (Å²) >= 11 is 0. The molecule has 3 heteroatoms. The Hall–Kier alpha value is -0.570. The summed E-state index contributed by atoms with van der Waals surface area (Å²) in [6.45, 7) is 7.78. The lowest BCUT2D eigenvalue weighted by Crippen LogP contribution is -2.09. The highest BCUT2D eigenvalue weighted by Gasteiger charge is 2.01. The van der Waals surface area contributed by atoms with Crippen molar-refractivity contribution in [2.45, 2.75) is 40.4 Å². The molecule has 0 bridgehead atoms.